The molecular weight excluding hydrogens is 274 g/mol. The van der Waals surface area contributed by atoms with Crippen molar-refractivity contribution >= 4 is 10.0 Å². The molecule has 0 bridgehead atoms. The van der Waals surface area contributed by atoms with Crippen molar-refractivity contribution in [3.05, 3.63) is 24.0 Å². The second kappa shape index (κ2) is 7.36. The van der Waals surface area contributed by atoms with Crippen molar-refractivity contribution in [3.63, 3.8) is 0 Å². The number of unbranched alkanes of at least 4 members (excludes halogenated alkanes) is 2. The van der Waals surface area contributed by atoms with Gasteiger partial charge in [-0.3, -0.25) is 0 Å². The summed E-state index contributed by atoms with van der Waals surface area (Å²) in [5, 5.41) is 8.70. The van der Waals surface area contributed by atoms with E-state index in [1.807, 2.05) is 19.9 Å². The number of aromatic nitrogens is 1. The molecule has 0 aliphatic carbocycles. The molecule has 1 aromatic rings. The van der Waals surface area contributed by atoms with Crippen LogP contribution in [0.25, 0.3) is 0 Å². The molecule has 0 saturated carbocycles. The van der Waals surface area contributed by atoms with Crippen LogP contribution in [0, 0.1) is 11.3 Å². The average Bonchev–Trinajstić information content (AvgIpc) is 2.43. The Hall–Kier alpha value is -1.45. The fourth-order valence-electron chi connectivity index (χ4n) is 1.91. The quantitative estimate of drug-likeness (QED) is 0.724. The van der Waals surface area contributed by atoms with Crippen molar-refractivity contribution in [1.29, 1.82) is 5.26 Å². The largest absolute Gasteiger partial charge is 0.244 e. The lowest BCUT2D eigenvalue weighted by molar-refractivity contribution is 0.345. The molecule has 0 spiro atoms. The van der Waals surface area contributed by atoms with Crippen LogP contribution in [0.3, 0.4) is 0 Å². The second-order valence-electron chi connectivity index (χ2n) is 4.91. The first-order valence-corrected chi connectivity index (χ1v) is 8.25. The van der Waals surface area contributed by atoms with E-state index < -0.39 is 10.0 Å². The summed E-state index contributed by atoms with van der Waals surface area (Å²) >= 11 is 0. The van der Waals surface area contributed by atoms with Gasteiger partial charge in [0.2, 0.25) is 10.0 Å². The Balaban J connectivity index is 3.00. The van der Waals surface area contributed by atoms with Crippen molar-refractivity contribution in [2.24, 2.45) is 0 Å². The second-order valence-corrected chi connectivity index (χ2v) is 6.80. The number of hydrogen-bond acceptors (Lipinski definition) is 4. The molecule has 0 amide bonds. The third kappa shape index (κ3) is 4.02. The maximum absolute atomic E-state index is 12.6. The smallest absolute Gasteiger partial charge is 0.244 e. The van der Waals surface area contributed by atoms with Crippen LogP contribution in [0.1, 0.15) is 45.7 Å². The molecule has 20 heavy (non-hydrogen) atoms. The zero-order valence-electron chi connectivity index (χ0n) is 12.2. The molecule has 0 aromatic carbocycles. The van der Waals surface area contributed by atoms with E-state index in [0.29, 0.717) is 6.54 Å². The van der Waals surface area contributed by atoms with Gasteiger partial charge in [0.1, 0.15) is 16.7 Å². The molecule has 0 N–H and O–H groups in total. The Kier molecular flexibility index (Phi) is 6.11. The van der Waals surface area contributed by atoms with Crippen LogP contribution >= 0.6 is 0 Å². The van der Waals surface area contributed by atoms with Gasteiger partial charge in [0.25, 0.3) is 0 Å². The summed E-state index contributed by atoms with van der Waals surface area (Å²) in [6, 6.07) is 4.64. The molecule has 0 aliphatic rings. The lowest BCUT2D eigenvalue weighted by Gasteiger charge is -2.25. The van der Waals surface area contributed by atoms with Crippen molar-refractivity contribution in [3.8, 4) is 6.07 Å². The Labute approximate surface area is 121 Å². The normalized spacial score (nSPS) is 11.8. The summed E-state index contributed by atoms with van der Waals surface area (Å²) in [6.07, 6.45) is 4.15. The van der Waals surface area contributed by atoms with Gasteiger partial charge in [0, 0.05) is 18.8 Å². The summed E-state index contributed by atoms with van der Waals surface area (Å²) in [5.74, 6) is 0. The number of nitrogens with zero attached hydrogens (tertiary/aromatic N) is 3. The van der Waals surface area contributed by atoms with E-state index in [2.05, 4.69) is 11.9 Å². The van der Waals surface area contributed by atoms with E-state index in [9.17, 15) is 8.42 Å². The highest BCUT2D eigenvalue weighted by molar-refractivity contribution is 7.89. The van der Waals surface area contributed by atoms with E-state index in [-0.39, 0.29) is 16.6 Å². The molecule has 0 aliphatic heterocycles. The highest BCUT2D eigenvalue weighted by Crippen LogP contribution is 2.18. The Morgan fingerprint density at radius 1 is 1.35 bits per heavy atom. The molecule has 0 atom stereocenters. The van der Waals surface area contributed by atoms with E-state index in [4.69, 9.17) is 5.26 Å². The number of sulfonamides is 1. The highest BCUT2D eigenvalue weighted by atomic mass is 32.2. The highest BCUT2D eigenvalue weighted by Gasteiger charge is 2.26. The number of nitriles is 1. The molecule has 1 rings (SSSR count). The Morgan fingerprint density at radius 3 is 2.50 bits per heavy atom. The minimum Gasteiger partial charge on any atom is -0.244 e. The van der Waals surface area contributed by atoms with E-state index in [0.717, 1.165) is 19.3 Å². The minimum absolute atomic E-state index is 0.104. The fraction of sp³-hybridized carbons (Fsp3) is 0.571. The van der Waals surface area contributed by atoms with Gasteiger partial charge in [-0.1, -0.05) is 19.8 Å². The summed E-state index contributed by atoms with van der Waals surface area (Å²) < 4.78 is 26.6. The summed E-state index contributed by atoms with van der Waals surface area (Å²) in [7, 11) is -3.54. The van der Waals surface area contributed by atoms with Gasteiger partial charge in [-0.15, -0.1) is 0 Å². The standard InChI is InChI=1S/C14H21N3O2S/c1-4-5-6-9-17(12(2)3)20(18,19)14-8-7-13(10-15)16-11-14/h7-8,11-12H,4-6,9H2,1-3H3. The van der Waals surface area contributed by atoms with Crippen LogP contribution in [0.4, 0.5) is 0 Å². The maximum Gasteiger partial charge on any atom is 0.244 e. The van der Waals surface area contributed by atoms with Gasteiger partial charge in [-0.05, 0) is 32.4 Å². The first-order chi connectivity index (χ1) is 9.43. The molecular formula is C14H21N3O2S. The van der Waals surface area contributed by atoms with Crippen molar-refractivity contribution in [2.75, 3.05) is 6.54 Å². The predicted molar refractivity (Wildman–Crippen MR) is 77.5 cm³/mol. The predicted octanol–water partition coefficient (Wildman–Crippen LogP) is 2.54. The van der Waals surface area contributed by atoms with Crippen LogP contribution in [-0.2, 0) is 10.0 Å². The third-order valence-corrected chi connectivity index (χ3v) is 5.07. The van der Waals surface area contributed by atoms with Gasteiger partial charge < -0.3 is 0 Å². The number of rotatable bonds is 7. The molecule has 0 radical (unpaired) electrons. The van der Waals surface area contributed by atoms with Crippen LogP contribution in [-0.4, -0.2) is 30.3 Å². The van der Waals surface area contributed by atoms with Crippen molar-refractivity contribution in [1.82, 2.24) is 9.29 Å². The van der Waals surface area contributed by atoms with Crippen LogP contribution in [0.5, 0.6) is 0 Å². The van der Waals surface area contributed by atoms with Crippen LogP contribution in [0.15, 0.2) is 23.2 Å². The monoisotopic (exact) mass is 295 g/mol. The molecule has 1 heterocycles. The van der Waals surface area contributed by atoms with Crippen LogP contribution in [0.2, 0.25) is 0 Å². The van der Waals surface area contributed by atoms with E-state index in [1.54, 1.807) is 0 Å². The van der Waals surface area contributed by atoms with Gasteiger partial charge >= 0.3 is 0 Å². The van der Waals surface area contributed by atoms with E-state index >= 15 is 0 Å². The van der Waals surface area contributed by atoms with Gasteiger partial charge in [0.05, 0.1) is 0 Å². The Morgan fingerprint density at radius 2 is 2.05 bits per heavy atom. The molecule has 6 heteroatoms. The van der Waals surface area contributed by atoms with Gasteiger partial charge in [0.15, 0.2) is 0 Å². The molecule has 5 nitrogen and oxygen atoms in total. The third-order valence-electron chi connectivity index (χ3n) is 3.02. The fourth-order valence-corrected chi connectivity index (χ4v) is 3.53. The number of pyridine rings is 1. The van der Waals surface area contributed by atoms with Gasteiger partial charge in [-0.25, -0.2) is 13.4 Å². The molecule has 110 valence electrons. The number of hydrogen-bond donors (Lipinski definition) is 0. The van der Waals surface area contributed by atoms with Gasteiger partial charge in [-0.2, -0.15) is 9.57 Å². The Bertz CT molecular complexity index is 559. The molecule has 1 aromatic heterocycles. The SMILES string of the molecule is CCCCCN(C(C)C)S(=O)(=O)c1ccc(C#N)nc1. The lowest BCUT2D eigenvalue weighted by Crippen LogP contribution is -2.37. The van der Waals surface area contributed by atoms with Crippen molar-refractivity contribution < 1.29 is 8.42 Å². The minimum atomic E-state index is -3.54. The summed E-state index contributed by atoms with van der Waals surface area (Å²) in [5.41, 5.74) is 0.214. The molecule has 0 unspecified atom stereocenters. The summed E-state index contributed by atoms with van der Waals surface area (Å²) in [4.78, 5) is 3.98. The topological polar surface area (TPSA) is 74.1 Å². The zero-order valence-corrected chi connectivity index (χ0v) is 13.0. The average molecular weight is 295 g/mol. The molecule has 0 saturated heterocycles. The van der Waals surface area contributed by atoms with Crippen LogP contribution < -0.4 is 0 Å². The van der Waals surface area contributed by atoms with E-state index in [1.165, 1.54) is 22.6 Å². The first kappa shape index (κ1) is 16.6. The van der Waals surface area contributed by atoms with Crippen molar-refractivity contribution in [2.45, 2.75) is 51.0 Å². The zero-order chi connectivity index (χ0) is 15.2. The maximum atomic E-state index is 12.6. The lowest BCUT2D eigenvalue weighted by atomic mass is 10.2. The first-order valence-electron chi connectivity index (χ1n) is 6.81. The summed E-state index contributed by atoms with van der Waals surface area (Å²) in [6.45, 7) is 6.31. The molecule has 0 fully saturated rings.